The summed E-state index contributed by atoms with van der Waals surface area (Å²) in [7, 11) is 0. The van der Waals surface area contributed by atoms with E-state index in [0.717, 1.165) is 0 Å². The first-order valence-corrected chi connectivity index (χ1v) is 19.1. The predicted molar refractivity (Wildman–Crippen MR) is 266 cm³/mol. The third-order valence-corrected chi connectivity index (χ3v) is 8.53. The summed E-state index contributed by atoms with van der Waals surface area (Å²) in [6.45, 7) is 0. The summed E-state index contributed by atoms with van der Waals surface area (Å²) in [5.74, 6) is 7.14. The van der Waals surface area contributed by atoms with Crippen LogP contribution in [-0.2, 0) is 0 Å². The Morgan fingerprint density at radius 2 is 0.609 bits per heavy atom. The number of rotatable bonds is 10. The number of nitrogens with one attached hydrogen (secondary N) is 8. The zero-order valence-electron chi connectivity index (χ0n) is 35.3. The summed E-state index contributed by atoms with van der Waals surface area (Å²) in [5.41, 5.74) is 4.34. The Labute approximate surface area is 421 Å². The van der Waals surface area contributed by atoms with Crippen molar-refractivity contribution >= 4 is 81.6 Å². The number of benzene rings is 6. The fraction of sp³-hybridized carbons (Fsp3) is 0.0385. The number of amides is 8. The van der Waals surface area contributed by atoms with Crippen molar-refractivity contribution in [3.05, 3.63) is 167 Å². The third-order valence-electron chi connectivity index (χ3n) is 8.53. The molecule has 0 atom stereocenters. The van der Waals surface area contributed by atoms with E-state index >= 15 is 0 Å². The summed E-state index contributed by atoms with van der Waals surface area (Å²) in [4.78, 5) is 72.3. The van der Waals surface area contributed by atoms with Gasteiger partial charge in [0.15, 0.2) is 0 Å². The first-order valence-electron chi connectivity index (χ1n) is 19.1. The average molecular weight is 931 g/mol. The second kappa shape index (κ2) is 27.1. The van der Waals surface area contributed by atoms with Gasteiger partial charge < -0.3 is 57.5 Å². The molecule has 0 unspecified atom stereocenters. The van der Waals surface area contributed by atoms with Crippen LogP contribution in [0.25, 0.3) is 0 Å². The minimum atomic E-state index is -1.48. The van der Waals surface area contributed by atoms with Gasteiger partial charge in [0, 0.05) is 73.3 Å². The van der Waals surface area contributed by atoms with Crippen molar-refractivity contribution in [3.63, 3.8) is 0 Å². The van der Waals surface area contributed by atoms with Crippen LogP contribution in [0.15, 0.2) is 133 Å². The Hall–Kier alpha value is -9.42. The number of terminal acetylenes is 4. The number of carbonyl (C=O) groups excluding carboxylic acids is 5. The molecule has 0 aliphatic rings. The Bertz CT molecular complexity index is 2670. The number of hydrogen-bond acceptors (Lipinski definition) is 7. The summed E-state index contributed by atoms with van der Waals surface area (Å²) < 4.78 is 0. The molecule has 6 aromatic rings. The summed E-state index contributed by atoms with van der Waals surface area (Å²) in [6, 6.07) is 31.8. The van der Waals surface area contributed by atoms with Crippen molar-refractivity contribution in [3.8, 4) is 49.4 Å². The van der Waals surface area contributed by atoms with E-state index in [0.29, 0.717) is 45.0 Å². The molecule has 340 valence electrons. The zero-order valence-corrected chi connectivity index (χ0v) is 37.3. The predicted octanol–water partition coefficient (Wildman–Crippen LogP) is 6.21. The minimum Gasteiger partial charge on any atom is -0.545 e. The van der Waals surface area contributed by atoms with E-state index in [1.54, 1.807) is 97.1 Å². The van der Waals surface area contributed by atoms with Gasteiger partial charge in [-0.1, -0.05) is 62.8 Å². The summed E-state index contributed by atoms with van der Waals surface area (Å²) in [5, 5.41) is 41.3. The molecule has 0 aliphatic heterocycles. The topological polar surface area (TPSA) is 242 Å². The zero-order chi connectivity index (χ0) is 47.6. The molecule has 17 heteroatoms. The third kappa shape index (κ3) is 17.8. The average Bonchev–Trinajstić information content (AvgIpc) is 3.29. The molecular formula is C52H43N8NaO8. The van der Waals surface area contributed by atoms with Crippen molar-refractivity contribution in [2.75, 3.05) is 42.5 Å². The molecule has 0 bridgehead atoms. The summed E-state index contributed by atoms with van der Waals surface area (Å²) >= 11 is 0. The van der Waals surface area contributed by atoms with Crippen molar-refractivity contribution in [1.82, 2.24) is 0 Å². The van der Waals surface area contributed by atoms with Crippen molar-refractivity contribution in [2.24, 2.45) is 0 Å². The van der Waals surface area contributed by atoms with Crippen LogP contribution in [-0.4, -0.2) is 41.2 Å². The van der Waals surface area contributed by atoms with Gasteiger partial charge in [-0.15, -0.1) is 25.7 Å². The molecule has 9 N–H and O–H groups in total. The molecule has 69 heavy (non-hydrogen) atoms. The molecule has 0 spiro atoms. The molecule has 6 rings (SSSR count). The minimum absolute atomic E-state index is 0. The first-order chi connectivity index (χ1) is 31.7. The Morgan fingerprint density at radius 3 is 0.826 bits per heavy atom. The van der Waals surface area contributed by atoms with Gasteiger partial charge in [0.05, 0.1) is 11.5 Å². The number of carboxylic acid groups (broad SMARTS) is 2. The van der Waals surface area contributed by atoms with Crippen LogP contribution in [0.3, 0.4) is 0 Å². The Morgan fingerprint density at radius 1 is 0.377 bits per heavy atom. The number of anilines is 8. The molecule has 16 nitrogen and oxygen atoms in total. The number of aromatic carboxylic acids is 2. The number of urea groups is 4. The van der Waals surface area contributed by atoms with Gasteiger partial charge in [0.2, 0.25) is 0 Å². The molecule has 0 aliphatic carbocycles. The molecule has 0 radical (unpaired) electrons. The maximum Gasteiger partial charge on any atom is 1.00 e. The number of hydrogen-bond donors (Lipinski definition) is 9. The second-order valence-electron chi connectivity index (χ2n) is 13.4. The molecule has 0 saturated carbocycles. The van der Waals surface area contributed by atoms with Crippen LogP contribution in [0, 0.1) is 49.4 Å². The largest absolute Gasteiger partial charge is 1.00 e. The quantitative estimate of drug-likeness (QED) is 0.0564. The molecule has 8 amide bonds. The SMILES string of the molecule is C.C.C#Cc1cccc(NC(=O)Nc2cc(NC(=O)Nc3cccc(C#C)c3)cc(C(=O)O)c2)c1.C#Cc1cccc(NC(=O)Nc2cc(NC(=O)Nc3cccc(C#C)c3)cc(C(=O)[O-])c2)c1.[Na+]. The number of carboxylic acids is 2. The van der Waals surface area contributed by atoms with E-state index < -0.39 is 36.1 Å². The molecule has 6 aromatic carbocycles. The fourth-order valence-corrected chi connectivity index (χ4v) is 5.71. The molecule has 0 aromatic heterocycles. The van der Waals surface area contributed by atoms with E-state index in [2.05, 4.69) is 66.2 Å². The van der Waals surface area contributed by atoms with E-state index in [4.69, 9.17) is 25.7 Å². The van der Waals surface area contributed by atoms with Gasteiger partial charge in [-0.2, -0.15) is 0 Å². The number of carbonyl (C=O) groups is 6. The van der Waals surface area contributed by atoms with E-state index in [1.165, 1.54) is 36.4 Å². The molecule has 0 heterocycles. The van der Waals surface area contributed by atoms with Gasteiger partial charge >= 0.3 is 59.7 Å². The van der Waals surface area contributed by atoms with Gasteiger partial charge in [0.1, 0.15) is 0 Å². The second-order valence-corrected chi connectivity index (χ2v) is 13.4. The molecular weight excluding hydrogens is 888 g/mol. The Balaban J connectivity index is 0.000000454. The van der Waals surface area contributed by atoms with Crippen LogP contribution in [0.4, 0.5) is 64.7 Å². The van der Waals surface area contributed by atoms with Gasteiger partial charge in [-0.05, 0) is 109 Å². The van der Waals surface area contributed by atoms with Crippen molar-refractivity contribution < 1.29 is 68.5 Å². The van der Waals surface area contributed by atoms with E-state index in [-0.39, 0.29) is 78.3 Å². The standard InChI is InChI=1S/2C25H18N4O4.2CH4.Na/c2*1-3-16-7-5-9-19(11-16)26-24(32)28-21-13-18(23(30)31)14-22(15-21)29-25(33)27-20-10-6-8-17(4-2)12-20;;;/h2*1-2,5-15H,(H,30,31)(H2,26,28,32)(H2,27,29,33);2*1H4;/q;;;;+1/p-1. The maximum atomic E-state index is 12.4. The fourth-order valence-electron chi connectivity index (χ4n) is 5.71. The summed E-state index contributed by atoms with van der Waals surface area (Å²) in [6.07, 6.45) is 21.4. The van der Waals surface area contributed by atoms with Gasteiger partial charge in [-0.25, -0.2) is 24.0 Å². The molecule has 0 fully saturated rings. The van der Waals surface area contributed by atoms with Gasteiger partial charge in [-0.3, -0.25) is 0 Å². The van der Waals surface area contributed by atoms with Crippen molar-refractivity contribution in [2.45, 2.75) is 14.9 Å². The monoisotopic (exact) mass is 930 g/mol. The van der Waals surface area contributed by atoms with Crippen LogP contribution in [0.5, 0.6) is 0 Å². The van der Waals surface area contributed by atoms with E-state index in [1.807, 2.05) is 0 Å². The van der Waals surface area contributed by atoms with Gasteiger partial charge in [0.25, 0.3) is 0 Å². The van der Waals surface area contributed by atoms with Crippen LogP contribution in [0.2, 0.25) is 0 Å². The van der Waals surface area contributed by atoms with Crippen LogP contribution < -0.4 is 77.2 Å². The van der Waals surface area contributed by atoms with E-state index in [9.17, 15) is 39.0 Å². The van der Waals surface area contributed by atoms with Crippen LogP contribution >= 0.6 is 0 Å². The maximum absolute atomic E-state index is 12.4. The smallest absolute Gasteiger partial charge is 0.545 e. The normalized spacial score (nSPS) is 9.22. The van der Waals surface area contributed by atoms with Crippen LogP contribution in [0.1, 0.15) is 57.8 Å². The molecule has 0 saturated heterocycles. The Kier molecular flexibility index (Phi) is 21.9. The van der Waals surface area contributed by atoms with Crippen molar-refractivity contribution in [1.29, 1.82) is 0 Å². The first kappa shape index (κ1) is 55.7.